The van der Waals surface area contributed by atoms with Gasteiger partial charge in [-0.25, -0.2) is 0 Å². The fraction of sp³-hybridized carbons (Fsp3) is 0.615. The van der Waals surface area contributed by atoms with Gasteiger partial charge in [0.2, 0.25) is 0 Å². The lowest BCUT2D eigenvalue weighted by atomic mass is 9.82. The van der Waals surface area contributed by atoms with Gasteiger partial charge in [-0.3, -0.25) is 4.98 Å². The van der Waals surface area contributed by atoms with Crippen LogP contribution in [0.4, 0.5) is 5.69 Å². The van der Waals surface area contributed by atoms with Crippen molar-refractivity contribution in [2.45, 2.75) is 26.7 Å². The lowest BCUT2D eigenvalue weighted by molar-refractivity contribution is 0.0300. The van der Waals surface area contributed by atoms with Gasteiger partial charge in [-0.15, -0.1) is 0 Å². The summed E-state index contributed by atoms with van der Waals surface area (Å²) in [5, 5.41) is 3.46. The minimum atomic E-state index is 0.364. The average Bonchev–Trinajstić information content (AvgIpc) is 2.29. The number of aryl methyl sites for hydroxylation is 1. The molecule has 2 rings (SSSR count). The summed E-state index contributed by atoms with van der Waals surface area (Å²) in [5.74, 6) is 0. The molecule has 3 heteroatoms. The molecule has 0 aliphatic carbocycles. The summed E-state index contributed by atoms with van der Waals surface area (Å²) >= 11 is 0. The number of hydrogen-bond acceptors (Lipinski definition) is 3. The van der Waals surface area contributed by atoms with Crippen molar-refractivity contribution in [1.29, 1.82) is 0 Å². The lowest BCUT2D eigenvalue weighted by Gasteiger charge is -2.33. The molecule has 1 aromatic heterocycles. The van der Waals surface area contributed by atoms with Crippen LogP contribution in [0, 0.1) is 12.3 Å². The molecule has 2 heterocycles. The van der Waals surface area contributed by atoms with Crippen LogP contribution in [-0.2, 0) is 4.74 Å². The monoisotopic (exact) mass is 220 g/mol. The fourth-order valence-electron chi connectivity index (χ4n) is 1.93. The molecule has 1 fully saturated rings. The van der Waals surface area contributed by atoms with Gasteiger partial charge in [-0.05, 0) is 37.3 Å². The number of hydrogen-bond donors (Lipinski definition) is 1. The molecule has 0 bridgehead atoms. The van der Waals surface area contributed by atoms with E-state index in [2.05, 4.69) is 23.3 Å². The van der Waals surface area contributed by atoms with Gasteiger partial charge in [0.05, 0.1) is 11.9 Å². The molecule has 16 heavy (non-hydrogen) atoms. The molecule has 0 radical (unpaired) electrons. The van der Waals surface area contributed by atoms with E-state index in [1.165, 1.54) is 0 Å². The first-order valence-corrected chi connectivity index (χ1v) is 5.92. The van der Waals surface area contributed by atoms with Gasteiger partial charge >= 0.3 is 0 Å². The Labute approximate surface area is 97.2 Å². The smallest absolute Gasteiger partial charge is 0.0527 e. The second-order valence-electron chi connectivity index (χ2n) is 4.96. The molecule has 1 aromatic rings. The number of ether oxygens (including phenoxy) is 1. The van der Waals surface area contributed by atoms with Crippen molar-refractivity contribution in [3.63, 3.8) is 0 Å². The summed E-state index contributed by atoms with van der Waals surface area (Å²) in [6, 6.07) is 4.12. The Morgan fingerprint density at radius 3 is 2.75 bits per heavy atom. The first kappa shape index (κ1) is 11.4. The molecule has 0 saturated carbocycles. The van der Waals surface area contributed by atoms with Gasteiger partial charge in [0.25, 0.3) is 0 Å². The van der Waals surface area contributed by atoms with Crippen molar-refractivity contribution in [1.82, 2.24) is 4.98 Å². The van der Waals surface area contributed by atoms with Crippen molar-refractivity contribution in [2.24, 2.45) is 5.41 Å². The van der Waals surface area contributed by atoms with Crippen LogP contribution in [0.2, 0.25) is 0 Å². The van der Waals surface area contributed by atoms with Gasteiger partial charge in [-0.2, -0.15) is 0 Å². The molecular weight excluding hydrogens is 200 g/mol. The zero-order valence-electron chi connectivity index (χ0n) is 10.1. The molecular formula is C13H20N2O. The molecule has 88 valence electrons. The molecule has 0 aromatic carbocycles. The van der Waals surface area contributed by atoms with Crippen LogP contribution in [0.3, 0.4) is 0 Å². The van der Waals surface area contributed by atoms with Crippen molar-refractivity contribution in [3.05, 3.63) is 24.0 Å². The summed E-state index contributed by atoms with van der Waals surface area (Å²) in [5.41, 5.74) is 2.53. The molecule has 0 atom stereocenters. The van der Waals surface area contributed by atoms with Crippen LogP contribution < -0.4 is 5.32 Å². The van der Waals surface area contributed by atoms with Crippen LogP contribution in [-0.4, -0.2) is 24.7 Å². The van der Waals surface area contributed by atoms with Crippen LogP contribution >= 0.6 is 0 Å². The van der Waals surface area contributed by atoms with E-state index in [0.717, 1.165) is 44.0 Å². The van der Waals surface area contributed by atoms with E-state index in [-0.39, 0.29) is 0 Å². The first-order chi connectivity index (χ1) is 7.68. The maximum Gasteiger partial charge on any atom is 0.0527 e. The third-order valence-corrected chi connectivity index (χ3v) is 3.33. The van der Waals surface area contributed by atoms with Gasteiger partial charge < -0.3 is 10.1 Å². The Morgan fingerprint density at radius 2 is 2.12 bits per heavy atom. The molecule has 0 amide bonds. The average molecular weight is 220 g/mol. The Hall–Kier alpha value is -1.09. The van der Waals surface area contributed by atoms with Crippen molar-refractivity contribution >= 4 is 5.69 Å². The second-order valence-corrected chi connectivity index (χ2v) is 4.96. The summed E-state index contributed by atoms with van der Waals surface area (Å²) in [4.78, 5) is 4.28. The van der Waals surface area contributed by atoms with Gasteiger partial charge in [0.1, 0.15) is 0 Å². The highest BCUT2D eigenvalue weighted by Gasteiger charge is 2.26. The molecule has 1 aliphatic heterocycles. The normalized spacial score (nSPS) is 19.4. The topological polar surface area (TPSA) is 34.1 Å². The Morgan fingerprint density at radius 1 is 1.38 bits per heavy atom. The predicted molar refractivity (Wildman–Crippen MR) is 65.6 cm³/mol. The predicted octanol–water partition coefficient (Wildman–Crippen LogP) is 2.62. The molecule has 1 saturated heterocycles. The van der Waals surface area contributed by atoms with Crippen molar-refractivity contribution < 1.29 is 4.74 Å². The maximum absolute atomic E-state index is 5.39. The first-order valence-electron chi connectivity index (χ1n) is 5.92. The largest absolute Gasteiger partial charge is 0.383 e. The highest BCUT2D eigenvalue weighted by atomic mass is 16.5. The van der Waals surface area contributed by atoms with E-state index < -0.39 is 0 Å². The van der Waals surface area contributed by atoms with Crippen LogP contribution in [0.15, 0.2) is 18.3 Å². The summed E-state index contributed by atoms with van der Waals surface area (Å²) in [6.45, 7) is 7.11. The number of rotatable bonds is 3. The highest BCUT2D eigenvalue weighted by molar-refractivity contribution is 5.41. The van der Waals surface area contributed by atoms with E-state index >= 15 is 0 Å². The summed E-state index contributed by atoms with van der Waals surface area (Å²) < 4.78 is 5.39. The number of nitrogens with zero attached hydrogens (tertiary/aromatic N) is 1. The zero-order chi connectivity index (χ0) is 11.4. The molecule has 1 N–H and O–H groups in total. The van der Waals surface area contributed by atoms with E-state index in [1.807, 2.05) is 19.2 Å². The standard InChI is InChI=1S/C13H20N2O/c1-11-3-4-12(9-14-11)15-10-13(2)5-7-16-8-6-13/h3-4,9,15H,5-8,10H2,1-2H3. The molecule has 0 spiro atoms. The number of pyridine rings is 1. The van der Waals surface area contributed by atoms with E-state index in [9.17, 15) is 0 Å². The van der Waals surface area contributed by atoms with Crippen LogP contribution in [0.1, 0.15) is 25.5 Å². The Bertz CT molecular complexity index is 328. The SMILES string of the molecule is Cc1ccc(NCC2(C)CCOCC2)cn1. The Balaban J connectivity index is 1.88. The minimum Gasteiger partial charge on any atom is -0.383 e. The van der Waals surface area contributed by atoms with E-state index in [0.29, 0.717) is 5.41 Å². The third kappa shape index (κ3) is 2.95. The summed E-state index contributed by atoms with van der Waals surface area (Å²) in [7, 11) is 0. The van der Waals surface area contributed by atoms with Gasteiger partial charge in [-0.1, -0.05) is 6.92 Å². The Kier molecular flexibility index (Phi) is 3.44. The highest BCUT2D eigenvalue weighted by Crippen LogP contribution is 2.29. The lowest BCUT2D eigenvalue weighted by Crippen LogP contribution is -2.33. The van der Waals surface area contributed by atoms with Crippen molar-refractivity contribution in [3.8, 4) is 0 Å². The zero-order valence-corrected chi connectivity index (χ0v) is 10.1. The van der Waals surface area contributed by atoms with Crippen LogP contribution in [0.5, 0.6) is 0 Å². The minimum absolute atomic E-state index is 0.364. The van der Waals surface area contributed by atoms with E-state index in [4.69, 9.17) is 4.74 Å². The van der Waals surface area contributed by atoms with Gasteiger partial charge in [0, 0.05) is 25.5 Å². The van der Waals surface area contributed by atoms with Crippen molar-refractivity contribution in [2.75, 3.05) is 25.1 Å². The van der Waals surface area contributed by atoms with E-state index in [1.54, 1.807) is 0 Å². The van der Waals surface area contributed by atoms with Crippen LogP contribution in [0.25, 0.3) is 0 Å². The molecule has 0 unspecified atom stereocenters. The van der Waals surface area contributed by atoms with Gasteiger partial charge in [0.15, 0.2) is 0 Å². The number of anilines is 1. The molecule has 3 nitrogen and oxygen atoms in total. The number of nitrogens with one attached hydrogen (secondary N) is 1. The maximum atomic E-state index is 5.39. The molecule has 1 aliphatic rings. The fourth-order valence-corrected chi connectivity index (χ4v) is 1.93. The quantitative estimate of drug-likeness (QED) is 0.850. The third-order valence-electron chi connectivity index (χ3n) is 3.33. The summed E-state index contributed by atoms with van der Waals surface area (Å²) in [6.07, 6.45) is 4.18. The number of aromatic nitrogens is 1. The second kappa shape index (κ2) is 4.83.